The number of urea groups is 1. The summed E-state index contributed by atoms with van der Waals surface area (Å²) in [5.74, 6) is 0. The average Bonchev–Trinajstić information content (AvgIpc) is 2.83. The first-order valence-corrected chi connectivity index (χ1v) is 9.64. The Bertz CT molecular complexity index is 728. The molecule has 128 valence electrons. The zero-order chi connectivity index (χ0) is 17.1. The summed E-state index contributed by atoms with van der Waals surface area (Å²) in [6.07, 6.45) is 4.44. The minimum Gasteiger partial charge on any atom is -0.317 e. The lowest BCUT2D eigenvalue weighted by molar-refractivity contribution is 0.190. The van der Waals surface area contributed by atoms with Gasteiger partial charge in [0.15, 0.2) is 0 Å². The predicted molar refractivity (Wildman–Crippen MR) is 102 cm³/mol. The van der Waals surface area contributed by atoms with Crippen molar-refractivity contribution in [1.82, 2.24) is 4.90 Å². The van der Waals surface area contributed by atoms with Crippen LogP contribution in [0.4, 0.5) is 10.5 Å². The topological polar surface area (TPSA) is 32.3 Å². The van der Waals surface area contributed by atoms with Gasteiger partial charge in [-0.25, -0.2) is 4.79 Å². The lowest BCUT2D eigenvalue weighted by Gasteiger charge is -2.29. The molecule has 24 heavy (non-hydrogen) atoms. The quantitative estimate of drug-likeness (QED) is 0.680. The predicted octanol–water partition coefficient (Wildman–Crippen LogP) is 6.17. The molecule has 1 aromatic heterocycles. The van der Waals surface area contributed by atoms with E-state index < -0.39 is 0 Å². The van der Waals surface area contributed by atoms with Gasteiger partial charge in [-0.15, -0.1) is 11.3 Å². The van der Waals surface area contributed by atoms with Crippen molar-refractivity contribution in [2.45, 2.75) is 45.6 Å². The molecule has 0 spiro atoms. The van der Waals surface area contributed by atoms with Crippen LogP contribution < -0.4 is 5.32 Å². The number of anilines is 1. The van der Waals surface area contributed by atoms with E-state index in [2.05, 4.69) is 24.4 Å². The zero-order valence-corrected chi connectivity index (χ0v) is 15.7. The van der Waals surface area contributed by atoms with Gasteiger partial charge in [0.05, 0.1) is 6.04 Å². The van der Waals surface area contributed by atoms with Gasteiger partial charge in [0.25, 0.3) is 0 Å². The van der Waals surface area contributed by atoms with E-state index in [-0.39, 0.29) is 12.1 Å². The largest absolute Gasteiger partial charge is 0.322 e. The lowest BCUT2D eigenvalue weighted by atomic mass is 10.1. The van der Waals surface area contributed by atoms with E-state index in [1.165, 1.54) is 22.6 Å². The number of benzene rings is 1. The first kappa shape index (κ1) is 17.3. The molecular weight excluding hydrogens is 340 g/mol. The van der Waals surface area contributed by atoms with Crippen LogP contribution in [-0.4, -0.2) is 17.5 Å². The van der Waals surface area contributed by atoms with Crippen LogP contribution in [0.1, 0.15) is 47.0 Å². The normalized spacial score (nSPS) is 18.3. The number of halogens is 1. The molecule has 1 aromatic carbocycles. The summed E-state index contributed by atoms with van der Waals surface area (Å²) >= 11 is 7.97. The van der Waals surface area contributed by atoms with Gasteiger partial charge in [-0.2, -0.15) is 0 Å². The number of carbonyl (C=O) groups is 1. The summed E-state index contributed by atoms with van der Waals surface area (Å²) in [6, 6.07) is 10.1. The molecule has 0 radical (unpaired) electrons. The highest BCUT2D eigenvalue weighted by molar-refractivity contribution is 7.12. The number of rotatable bonds is 2. The molecule has 3 nitrogen and oxygen atoms in total. The third-order valence-electron chi connectivity index (χ3n) is 4.53. The molecule has 1 N–H and O–H groups in total. The van der Waals surface area contributed by atoms with Crippen molar-refractivity contribution in [2.75, 3.05) is 11.9 Å². The molecule has 0 bridgehead atoms. The van der Waals surface area contributed by atoms with E-state index in [0.717, 1.165) is 30.6 Å². The number of carbonyl (C=O) groups excluding carboxylic acids is 1. The maximum absolute atomic E-state index is 12.9. The van der Waals surface area contributed by atoms with Gasteiger partial charge in [0.2, 0.25) is 0 Å². The van der Waals surface area contributed by atoms with Gasteiger partial charge in [-0.3, -0.25) is 0 Å². The van der Waals surface area contributed by atoms with Crippen LogP contribution in [0.2, 0.25) is 5.02 Å². The lowest BCUT2D eigenvalue weighted by Crippen LogP contribution is -2.37. The van der Waals surface area contributed by atoms with Gasteiger partial charge in [-0.05, 0) is 56.5 Å². The van der Waals surface area contributed by atoms with Crippen molar-refractivity contribution in [3.8, 4) is 0 Å². The maximum atomic E-state index is 12.9. The summed E-state index contributed by atoms with van der Waals surface area (Å²) < 4.78 is 0. The van der Waals surface area contributed by atoms with E-state index >= 15 is 0 Å². The molecule has 5 heteroatoms. The Morgan fingerprint density at radius 1 is 1.21 bits per heavy atom. The third kappa shape index (κ3) is 3.93. The first-order valence-electron chi connectivity index (χ1n) is 8.45. The Morgan fingerprint density at radius 2 is 2.04 bits per heavy atom. The summed E-state index contributed by atoms with van der Waals surface area (Å²) in [5, 5.41) is 3.70. The Kier molecular flexibility index (Phi) is 5.47. The molecule has 1 atom stereocenters. The van der Waals surface area contributed by atoms with Crippen molar-refractivity contribution in [2.24, 2.45) is 0 Å². The number of aryl methyl sites for hydroxylation is 2. The average molecular weight is 363 g/mol. The molecule has 1 aliphatic rings. The summed E-state index contributed by atoms with van der Waals surface area (Å²) in [4.78, 5) is 17.5. The third-order valence-corrected chi connectivity index (χ3v) is 6.04. The van der Waals surface area contributed by atoms with Gasteiger partial charge in [0.1, 0.15) is 0 Å². The van der Waals surface area contributed by atoms with Crippen LogP contribution in [0.5, 0.6) is 0 Å². The van der Waals surface area contributed by atoms with Crippen molar-refractivity contribution in [3.63, 3.8) is 0 Å². The second-order valence-corrected chi connectivity index (χ2v) is 8.13. The molecule has 1 fully saturated rings. The fraction of sp³-hybridized carbons (Fsp3) is 0.421. The van der Waals surface area contributed by atoms with E-state index in [9.17, 15) is 4.79 Å². The van der Waals surface area contributed by atoms with Crippen LogP contribution >= 0.6 is 22.9 Å². The molecule has 1 aliphatic heterocycles. The number of amides is 2. The Balaban J connectivity index is 1.80. The van der Waals surface area contributed by atoms with E-state index in [0.29, 0.717) is 5.02 Å². The minimum absolute atomic E-state index is 0.0344. The van der Waals surface area contributed by atoms with Crippen molar-refractivity contribution in [3.05, 3.63) is 50.7 Å². The molecule has 0 unspecified atom stereocenters. The van der Waals surface area contributed by atoms with Crippen molar-refractivity contribution < 1.29 is 4.79 Å². The minimum atomic E-state index is -0.0344. The fourth-order valence-corrected chi connectivity index (χ4v) is 4.35. The van der Waals surface area contributed by atoms with Crippen LogP contribution in [0.25, 0.3) is 0 Å². The highest BCUT2D eigenvalue weighted by Crippen LogP contribution is 2.34. The Morgan fingerprint density at radius 3 is 2.75 bits per heavy atom. The zero-order valence-electron chi connectivity index (χ0n) is 14.1. The number of thiophene rings is 1. The van der Waals surface area contributed by atoms with Gasteiger partial charge < -0.3 is 10.2 Å². The Hall–Kier alpha value is -1.52. The van der Waals surface area contributed by atoms with Crippen LogP contribution in [0, 0.1) is 13.8 Å². The van der Waals surface area contributed by atoms with E-state index in [4.69, 9.17) is 11.6 Å². The van der Waals surface area contributed by atoms with Gasteiger partial charge in [0, 0.05) is 27.0 Å². The molecule has 0 aliphatic carbocycles. The van der Waals surface area contributed by atoms with Crippen molar-refractivity contribution >= 4 is 34.7 Å². The number of hydrogen-bond donors (Lipinski definition) is 1. The van der Waals surface area contributed by atoms with Gasteiger partial charge in [-0.1, -0.05) is 30.5 Å². The molecular formula is C19H23ClN2OS. The standard InChI is InChI=1S/C19H23ClN2OS/c1-13-7-9-15(12-16(13)20)21-19(23)22-11-5-3-4-6-17(22)18-10-8-14(2)24-18/h7-10,12,17H,3-6,11H2,1-2H3,(H,21,23)/t17-/m1/s1. The second kappa shape index (κ2) is 7.58. The maximum Gasteiger partial charge on any atom is 0.322 e. The molecule has 2 aromatic rings. The van der Waals surface area contributed by atoms with Crippen LogP contribution in [-0.2, 0) is 0 Å². The second-order valence-electron chi connectivity index (χ2n) is 6.40. The first-order chi connectivity index (χ1) is 11.5. The number of hydrogen-bond acceptors (Lipinski definition) is 2. The summed E-state index contributed by atoms with van der Waals surface area (Å²) in [7, 11) is 0. The van der Waals surface area contributed by atoms with Crippen LogP contribution in [0.15, 0.2) is 30.3 Å². The highest BCUT2D eigenvalue weighted by Gasteiger charge is 2.27. The molecule has 2 heterocycles. The number of likely N-dealkylation sites (tertiary alicyclic amines) is 1. The number of nitrogens with zero attached hydrogens (tertiary/aromatic N) is 1. The highest BCUT2D eigenvalue weighted by atomic mass is 35.5. The molecule has 1 saturated heterocycles. The van der Waals surface area contributed by atoms with Crippen LogP contribution in [0.3, 0.4) is 0 Å². The Labute approximate surface area is 152 Å². The molecule has 2 amide bonds. The van der Waals surface area contributed by atoms with Gasteiger partial charge >= 0.3 is 6.03 Å². The van der Waals surface area contributed by atoms with E-state index in [1.54, 1.807) is 11.3 Å². The monoisotopic (exact) mass is 362 g/mol. The fourth-order valence-electron chi connectivity index (χ4n) is 3.15. The summed E-state index contributed by atoms with van der Waals surface area (Å²) in [5.41, 5.74) is 1.76. The molecule has 3 rings (SSSR count). The smallest absolute Gasteiger partial charge is 0.317 e. The summed E-state index contributed by atoms with van der Waals surface area (Å²) in [6.45, 7) is 4.87. The SMILES string of the molecule is Cc1ccc([C@H]2CCCCCN2C(=O)Nc2ccc(C)c(Cl)c2)s1. The van der Waals surface area contributed by atoms with E-state index in [1.807, 2.05) is 30.0 Å². The van der Waals surface area contributed by atoms with Crippen molar-refractivity contribution in [1.29, 1.82) is 0 Å². The molecule has 0 saturated carbocycles. The number of nitrogens with one attached hydrogen (secondary N) is 1.